The molecule has 0 aliphatic heterocycles. The molecule has 5 nitrogen and oxygen atoms in total. The fourth-order valence-electron chi connectivity index (χ4n) is 2.78. The summed E-state index contributed by atoms with van der Waals surface area (Å²) < 4.78 is 1.50. The van der Waals surface area contributed by atoms with Crippen molar-refractivity contribution in [3.05, 3.63) is 50.2 Å². The lowest BCUT2D eigenvalue weighted by Gasteiger charge is -2.13. The molecule has 0 spiro atoms. The average molecular weight is 386 g/mol. The number of halogens is 3. The normalized spacial score (nSPS) is 15.5. The first-order chi connectivity index (χ1) is 11.6. The van der Waals surface area contributed by atoms with E-state index in [1.807, 2.05) is 0 Å². The first-order valence-electron chi connectivity index (χ1n) is 7.68. The van der Waals surface area contributed by atoms with Gasteiger partial charge in [-0.15, -0.1) is 5.10 Å². The molecule has 0 saturated heterocycles. The Morgan fingerprint density at radius 3 is 2.67 bits per heavy atom. The van der Waals surface area contributed by atoms with Crippen molar-refractivity contribution in [3.63, 3.8) is 0 Å². The van der Waals surface area contributed by atoms with Gasteiger partial charge in [0.2, 0.25) is 0 Å². The Labute approximate surface area is 154 Å². The van der Waals surface area contributed by atoms with Crippen LogP contribution in [-0.2, 0) is 6.54 Å². The zero-order valence-electron chi connectivity index (χ0n) is 12.8. The topological polar surface area (TPSA) is 60.7 Å². The van der Waals surface area contributed by atoms with Gasteiger partial charge in [0.25, 0.3) is 0 Å². The molecule has 0 atom stereocenters. The van der Waals surface area contributed by atoms with E-state index in [4.69, 9.17) is 34.8 Å². The number of carbonyl (C=O) groups is 1. The van der Waals surface area contributed by atoms with Gasteiger partial charge in [0, 0.05) is 26.8 Å². The summed E-state index contributed by atoms with van der Waals surface area (Å²) in [6.45, 7) is 0.290. The summed E-state index contributed by atoms with van der Waals surface area (Å²) in [5.74, 6) is -0.124. The molecule has 1 aromatic carbocycles. The van der Waals surface area contributed by atoms with Crippen LogP contribution in [0.25, 0.3) is 0 Å². The van der Waals surface area contributed by atoms with E-state index in [1.165, 1.54) is 11.0 Å². The highest BCUT2D eigenvalue weighted by Crippen LogP contribution is 2.34. The molecular formula is C16H15Cl3N4O. The zero-order valence-corrected chi connectivity index (χ0v) is 15.1. The van der Waals surface area contributed by atoms with Gasteiger partial charge in [-0.2, -0.15) is 0 Å². The second-order valence-corrected chi connectivity index (χ2v) is 6.91. The molecule has 126 valence electrons. The molecule has 0 bridgehead atoms. The van der Waals surface area contributed by atoms with Gasteiger partial charge in [0.05, 0.1) is 11.6 Å². The lowest BCUT2D eigenvalue weighted by molar-refractivity contribution is 0.103. The molecule has 3 rings (SSSR count). The molecule has 0 fully saturated rings. The Morgan fingerprint density at radius 2 is 1.92 bits per heavy atom. The molecule has 2 aromatic rings. The highest BCUT2D eigenvalue weighted by molar-refractivity contribution is 6.39. The highest BCUT2D eigenvalue weighted by Gasteiger charge is 2.23. The molecule has 24 heavy (non-hydrogen) atoms. The molecule has 0 radical (unpaired) electrons. The predicted molar refractivity (Wildman–Crippen MR) is 93.7 cm³/mol. The number of benzene rings is 1. The van der Waals surface area contributed by atoms with Crippen molar-refractivity contribution < 1.29 is 4.79 Å². The van der Waals surface area contributed by atoms with Crippen molar-refractivity contribution in [2.45, 2.75) is 38.6 Å². The molecule has 1 aliphatic carbocycles. The van der Waals surface area contributed by atoms with Crippen LogP contribution in [0.3, 0.4) is 0 Å². The number of hydrogen-bond acceptors (Lipinski definition) is 4. The maximum Gasteiger partial charge on any atom is 0.191 e. The SMILES string of the molecule is O=C(C1=C(Cl)CCCCC1)c1ccc(Cl)c(Cn2cnnn2)c1Cl. The summed E-state index contributed by atoms with van der Waals surface area (Å²) in [7, 11) is 0. The highest BCUT2D eigenvalue weighted by atomic mass is 35.5. The van der Waals surface area contributed by atoms with E-state index in [0.717, 1.165) is 25.7 Å². The Kier molecular flexibility index (Phi) is 5.54. The smallest absolute Gasteiger partial charge is 0.191 e. The number of tetrazole rings is 1. The molecule has 8 heteroatoms. The minimum Gasteiger partial charge on any atom is -0.289 e. The summed E-state index contributed by atoms with van der Waals surface area (Å²) in [6, 6.07) is 3.32. The molecule has 0 saturated carbocycles. The second-order valence-electron chi connectivity index (χ2n) is 5.67. The number of rotatable bonds is 4. The van der Waals surface area contributed by atoms with E-state index in [2.05, 4.69) is 15.5 Å². The third-order valence-electron chi connectivity index (χ3n) is 4.07. The number of Topliss-reactive ketones (excluding diaryl/α,β-unsaturated/α-hetero) is 1. The zero-order chi connectivity index (χ0) is 17.1. The van der Waals surface area contributed by atoms with Gasteiger partial charge in [-0.05, 0) is 48.2 Å². The van der Waals surface area contributed by atoms with Crippen LogP contribution in [0.15, 0.2) is 29.1 Å². The standard InChI is InChI=1S/C16H15Cl3N4O/c17-13-5-3-1-2-4-10(13)16(24)11-6-7-14(18)12(15(11)19)8-23-9-20-21-22-23/h6-7,9H,1-5,8H2. The quantitative estimate of drug-likeness (QED) is 0.718. The summed E-state index contributed by atoms with van der Waals surface area (Å²) in [5, 5.41) is 12.4. The lowest BCUT2D eigenvalue weighted by atomic mass is 9.97. The summed E-state index contributed by atoms with van der Waals surface area (Å²) in [4.78, 5) is 12.9. The molecular weight excluding hydrogens is 371 g/mol. The third-order valence-corrected chi connectivity index (χ3v) is 5.27. The van der Waals surface area contributed by atoms with Crippen molar-refractivity contribution in [3.8, 4) is 0 Å². The van der Waals surface area contributed by atoms with Gasteiger partial charge in [-0.25, -0.2) is 4.68 Å². The summed E-state index contributed by atoms with van der Waals surface area (Å²) >= 11 is 19.1. The Balaban J connectivity index is 1.97. The Hall–Kier alpha value is -1.43. The van der Waals surface area contributed by atoms with Crippen molar-refractivity contribution in [1.29, 1.82) is 0 Å². The van der Waals surface area contributed by atoms with Crippen LogP contribution >= 0.6 is 34.8 Å². The third kappa shape index (κ3) is 3.63. The Bertz CT molecular complexity index is 787. The number of aromatic nitrogens is 4. The van der Waals surface area contributed by atoms with Crippen molar-refractivity contribution in [2.24, 2.45) is 0 Å². The summed E-state index contributed by atoms with van der Waals surface area (Å²) in [5.41, 5.74) is 1.69. The second kappa shape index (κ2) is 7.64. The number of nitrogens with zero attached hydrogens (tertiary/aromatic N) is 4. The van der Waals surface area contributed by atoms with Gasteiger partial charge < -0.3 is 0 Å². The molecule has 0 unspecified atom stereocenters. The average Bonchev–Trinajstić information content (AvgIpc) is 2.98. The van der Waals surface area contributed by atoms with Crippen LogP contribution in [-0.4, -0.2) is 26.0 Å². The van der Waals surface area contributed by atoms with Crippen molar-refractivity contribution >= 4 is 40.6 Å². The fourth-order valence-corrected chi connectivity index (χ4v) is 3.67. The van der Waals surface area contributed by atoms with Crippen LogP contribution in [0.1, 0.15) is 48.0 Å². The van der Waals surface area contributed by atoms with Gasteiger partial charge in [-0.1, -0.05) is 41.2 Å². The van der Waals surface area contributed by atoms with Crippen molar-refractivity contribution in [1.82, 2.24) is 20.2 Å². The molecule has 1 heterocycles. The minimum atomic E-state index is -0.124. The lowest BCUT2D eigenvalue weighted by Crippen LogP contribution is -2.09. The minimum absolute atomic E-state index is 0.124. The monoisotopic (exact) mass is 384 g/mol. The van der Waals surface area contributed by atoms with Crippen molar-refractivity contribution in [2.75, 3.05) is 0 Å². The van der Waals surface area contributed by atoms with E-state index < -0.39 is 0 Å². The van der Waals surface area contributed by atoms with E-state index >= 15 is 0 Å². The fraction of sp³-hybridized carbons (Fsp3) is 0.375. The maximum atomic E-state index is 12.9. The summed E-state index contributed by atoms with van der Waals surface area (Å²) in [6.07, 6.45) is 5.93. The first-order valence-corrected chi connectivity index (χ1v) is 8.81. The van der Waals surface area contributed by atoms with Crippen LogP contribution in [0.2, 0.25) is 10.0 Å². The van der Waals surface area contributed by atoms with E-state index in [0.29, 0.717) is 44.7 Å². The van der Waals surface area contributed by atoms with E-state index in [9.17, 15) is 4.79 Å². The van der Waals surface area contributed by atoms with E-state index in [1.54, 1.807) is 12.1 Å². The number of ketones is 1. The number of carbonyl (C=O) groups excluding carboxylic acids is 1. The predicted octanol–water partition coefficient (Wildman–Crippen LogP) is 4.67. The van der Waals surface area contributed by atoms with Gasteiger partial charge in [0.15, 0.2) is 5.78 Å². The largest absolute Gasteiger partial charge is 0.289 e. The van der Waals surface area contributed by atoms with Crippen LogP contribution in [0.4, 0.5) is 0 Å². The number of allylic oxidation sites excluding steroid dienone is 2. The molecule has 1 aliphatic rings. The molecule has 0 amide bonds. The molecule has 1 aromatic heterocycles. The number of hydrogen-bond donors (Lipinski definition) is 0. The van der Waals surface area contributed by atoms with Gasteiger partial charge >= 0.3 is 0 Å². The van der Waals surface area contributed by atoms with Crippen LogP contribution in [0, 0.1) is 0 Å². The van der Waals surface area contributed by atoms with Crippen LogP contribution < -0.4 is 0 Å². The van der Waals surface area contributed by atoms with Gasteiger partial charge in [0.1, 0.15) is 6.33 Å². The molecule has 0 N–H and O–H groups in total. The maximum absolute atomic E-state index is 12.9. The van der Waals surface area contributed by atoms with Crippen LogP contribution in [0.5, 0.6) is 0 Å². The first kappa shape index (κ1) is 17.4. The van der Waals surface area contributed by atoms with Gasteiger partial charge in [-0.3, -0.25) is 4.79 Å². The van der Waals surface area contributed by atoms with E-state index in [-0.39, 0.29) is 5.78 Å². The Morgan fingerprint density at radius 1 is 1.12 bits per heavy atom.